The van der Waals surface area contributed by atoms with Crippen LogP contribution in [0.3, 0.4) is 0 Å². The molecule has 0 aromatic carbocycles. The van der Waals surface area contributed by atoms with Crippen molar-refractivity contribution in [2.45, 2.75) is 46.9 Å². The van der Waals surface area contributed by atoms with Gasteiger partial charge in [-0.15, -0.1) is 0 Å². The van der Waals surface area contributed by atoms with Crippen LogP contribution in [0.1, 0.15) is 49.7 Å². The topological polar surface area (TPSA) is 0 Å². The molecule has 0 aromatic rings. The summed E-state index contributed by atoms with van der Waals surface area (Å²) in [5.41, 5.74) is 0. The molecule has 0 heteroatoms. The summed E-state index contributed by atoms with van der Waals surface area (Å²) in [4.78, 5) is 0. The normalized spacial score (nSPS) is 10.6. The molecule has 0 aromatic heterocycles. The minimum atomic E-state index is 0.569. The highest BCUT2D eigenvalue weighted by Gasteiger charge is 1.56. The van der Waals surface area contributed by atoms with E-state index in [4.69, 9.17) is 2.74 Å². The van der Waals surface area contributed by atoms with Crippen molar-refractivity contribution < 1.29 is 2.74 Å². The summed E-state index contributed by atoms with van der Waals surface area (Å²) in [6.07, 6.45) is 3.20. The van der Waals surface area contributed by atoms with E-state index in [-0.39, 0.29) is 0 Å². The van der Waals surface area contributed by atoms with Gasteiger partial charge in [0.25, 0.3) is 0 Å². The Morgan fingerprint density at radius 1 is 1.14 bits per heavy atom. The van der Waals surface area contributed by atoms with E-state index in [0.717, 1.165) is 19.3 Å². The number of hydrogen-bond donors (Lipinski definition) is 0. The predicted octanol–water partition coefficient (Wildman–Crippen LogP) is 3.22. The monoisotopic (exact) mass is 104 g/mol. The van der Waals surface area contributed by atoms with Crippen molar-refractivity contribution in [2.75, 3.05) is 0 Å². The summed E-state index contributed by atoms with van der Waals surface area (Å²) in [5.74, 6) is 0. The Balaban J connectivity index is 0. The fourth-order valence-corrected chi connectivity index (χ4v) is 0. The maximum absolute atomic E-state index is 6.60. The molecule has 0 amide bonds. The van der Waals surface area contributed by atoms with Gasteiger partial charge in [-0.2, -0.15) is 0 Å². The van der Waals surface area contributed by atoms with Gasteiger partial charge in [-0.05, 0) is 0 Å². The zero-order valence-corrected chi connectivity index (χ0v) is 5.54. The molecule has 0 radical (unpaired) electrons. The third-order valence-electron chi connectivity index (χ3n) is 0.354. The molecule has 0 bridgehead atoms. The van der Waals surface area contributed by atoms with E-state index >= 15 is 0 Å². The van der Waals surface area contributed by atoms with Gasteiger partial charge in [0.15, 0.2) is 0 Å². The SMILES string of the molecule is [2H]CCC.[2H]CCCC. The summed E-state index contributed by atoms with van der Waals surface area (Å²) in [6.45, 7) is 5.25. The lowest BCUT2D eigenvalue weighted by molar-refractivity contribution is 0.886. The molecule has 7 heavy (non-hydrogen) atoms. The van der Waals surface area contributed by atoms with Crippen LogP contribution < -0.4 is 0 Å². The summed E-state index contributed by atoms with van der Waals surface area (Å²) in [6, 6.07) is 0. The van der Waals surface area contributed by atoms with E-state index in [2.05, 4.69) is 6.92 Å². The Kier molecular flexibility index (Phi) is 12.2. The summed E-state index contributed by atoms with van der Waals surface area (Å²) in [5, 5.41) is 0. The van der Waals surface area contributed by atoms with Crippen molar-refractivity contribution in [1.29, 1.82) is 0 Å². The Morgan fingerprint density at radius 2 is 1.71 bits per heavy atom. The molecule has 0 fully saturated rings. The largest absolute Gasteiger partial charge is 0.0656 e. The van der Waals surface area contributed by atoms with E-state index < -0.39 is 0 Å². The molecule has 0 aliphatic rings. The van der Waals surface area contributed by atoms with Crippen molar-refractivity contribution in [3.8, 4) is 0 Å². The third kappa shape index (κ3) is 96.0. The van der Waals surface area contributed by atoms with Crippen LogP contribution in [0.2, 0.25) is 0 Å². The zero-order chi connectivity index (χ0) is 7.54. The molecule has 0 N–H and O–H groups in total. The first-order valence-electron chi connectivity index (χ1n) is 4.33. The molecule has 0 unspecified atom stereocenters. The second-order valence-electron chi connectivity index (χ2n) is 1.35. The molecule has 0 saturated carbocycles. The van der Waals surface area contributed by atoms with Crippen LogP contribution in [0.15, 0.2) is 0 Å². The highest BCUT2D eigenvalue weighted by molar-refractivity contribution is 4.12. The molecule has 0 aliphatic heterocycles. The third-order valence-corrected chi connectivity index (χ3v) is 0.354. The van der Waals surface area contributed by atoms with Gasteiger partial charge in [-0.3, -0.25) is 0 Å². The van der Waals surface area contributed by atoms with E-state index in [0.29, 0.717) is 13.8 Å². The Hall–Kier alpha value is 0. The van der Waals surface area contributed by atoms with Crippen LogP contribution in [0.25, 0.3) is 0 Å². The Bertz CT molecular complexity index is 26.1. The van der Waals surface area contributed by atoms with Crippen molar-refractivity contribution >= 4 is 0 Å². The zero-order valence-electron chi connectivity index (χ0n) is 7.54. The van der Waals surface area contributed by atoms with Crippen molar-refractivity contribution in [1.82, 2.24) is 0 Å². The van der Waals surface area contributed by atoms with Gasteiger partial charge < -0.3 is 0 Å². The van der Waals surface area contributed by atoms with Gasteiger partial charge in [-0.1, -0.05) is 46.9 Å². The number of unbranched alkanes of at least 4 members (excludes halogenated alkanes) is 1. The molecule has 0 rings (SSSR count). The Morgan fingerprint density at radius 3 is 1.71 bits per heavy atom. The molecule has 0 nitrogen and oxygen atoms in total. The summed E-state index contributed by atoms with van der Waals surface area (Å²) < 4.78 is 13.1. The minimum absolute atomic E-state index is 0.569. The van der Waals surface area contributed by atoms with Crippen LogP contribution in [0, 0.1) is 0 Å². The standard InChI is InChI=1S/C4H10.C3H8/c1-3-4-2;1-3-2/h3-4H2,1-2H3;3H2,1-2H3/i2*1D. The first-order chi connectivity index (χ1) is 4.33. The fourth-order valence-electron chi connectivity index (χ4n) is 0. The van der Waals surface area contributed by atoms with E-state index in [1.54, 1.807) is 0 Å². The number of hydrogen-bond acceptors (Lipinski definition) is 0. The van der Waals surface area contributed by atoms with Gasteiger partial charge >= 0.3 is 0 Å². The molecule has 0 heterocycles. The second-order valence-corrected chi connectivity index (χ2v) is 1.35. The first-order valence-corrected chi connectivity index (χ1v) is 2.91. The molecule has 0 atom stereocenters. The predicted molar refractivity (Wildman–Crippen MR) is 36.5 cm³/mol. The van der Waals surface area contributed by atoms with Crippen LogP contribution in [-0.4, -0.2) is 0 Å². The van der Waals surface area contributed by atoms with Gasteiger partial charge in [0.1, 0.15) is 0 Å². The molecule has 0 spiro atoms. The van der Waals surface area contributed by atoms with Crippen LogP contribution in [-0.2, 0) is 0 Å². The van der Waals surface area contributed by atoms with Crippen molar-refractivity contribution in [3.63, 3.8) is 0 Å². The van der Waals surface area contributed by atoms with Crippen molar-refractivity contribution in [2.24, 2.45) is 0 Å². The molecule has 46 valence electrons. The van der Waals surface area contributed by atoms with E-state index in [1.807, 2.05) is 6.92 Å². The lowest BCUT2D eigenvalue weighted by atomic mass is 10.4. The van der Waals surface area contributed by atoms with E-state index in [9.17, 15) is 0 Å². The average Bonchev–Trinajstić information content (AvgIpc) is 1.91. The molecular formula is C7H18. The molecular weight excluding hydrogens is 84.1 g/mol. The van der Waals surface area contributed by atoms with Gasteiger partial charge in [0.05, 0.1) is 0 Å². The quantitative estimate of drug-likeness (QED) is 0.479. The fraction of sp³-hybridized carbons (Fsp3) is 1.00. The molecule has 0 saturated heterocycles. The maximum atomic E-state index is 6.60. The highest BCUT2D eigenvalue weighted by atomic mass is 13.6. The number of rotatable bonds is 1. The minimum Gasteiger partial charge on any atom is -0.0656 e. The Labute approximate surface area is 50.7 Å². The summed E-state index contributed by atoms with van der Waals surface area (Å²) >= 11 is 0. The van der Waals surface area contributed by atoms with E-state index in [1.165, 1.54) is 0 Å². The van der Waals surface area contributed by atoms with Gasteiger partial charge in [-0.25, -0.2) is 0 Å². The maximum Gasteiger partial charge on any atom is 0.0230 e. The lowest BCUT2D eigenvalue weighted by Crippen LogP contribution is -1.47. The van der Waals surface area contributed by atoms with Crippen molar-refractivity contribution in [3.05, 3.63) is 0 Å². The highest BCUT2D eigenvalue weighted by Crippen LogP contribution is 1.76. The second kappa shape index (κ2) is 16.7. The lowest BCUT2D eigenvalue weighted by Gasteiger charge is -1.68. The van der Waals surface area contributed by atoms with Crippen LogP contribution >= 0.6 is 0 Å². The smallest absolute Gasteiger partial charge is 0.0230 e. The first kappa shape index (κ1) is 5.14. The average molecular weight is 104 g/mol. The molecule has 0 aliphatic carbocycles. The van der Waals surface area contributed by atoms with Gasteiger partial charge in [0.2, 0.25) is 0 Å². The van der Waals surface area contributed by atoms with Crippen LogP contribution in [0.4, 0.5) is 0 Å². The van der Waals surface area contributed by atoms with Gasteiger partial charge in [0, 0.05) is 2.74 Å². The van der Waals surface area contributed by atoms with Crippen LogP contribution in [0.5, 0.6) is 0 Å². The summed E-state index contributed by atoms with van der Waals surface area (Å²) in [7, 11) is 0.